The molecule has 3 aliphatic heterocycles. The lowest BCUT2D eigenvalue weighted by Gasteiger charge is -2.43. The Balaban J connectivity index is 1.19. The second kappa shape index (κ2) is 10.9. The third-order valence-corrected chi connectivity index (χ3v) is 11.1. The highest BCUT2D eigenvalue weighted by molar-refractivity contribution is 5.79. The molecule has 2 aromatic carbocycles. The molecule has 2 unspecified atom stereocenters. The van der Waals surface area contributed by atoms with Gasteiger partial charge in [0.2, 0.25) is 0 Å². The van der Waals surface area contributed by atoms with Crippen molar-refractivity contribution in [2.75, 3.05) is 44.2 Å². The Hall–Kier alpha value is -2.72. The second-order valence-corrected chi connectivity index (χ2v) is 13.5. The first kappa shape index (κ1) is 27.4. The topological polar surface area (TPSA) is 21.8 Å². The summed E-state index contributed by atoms with van der Waals surface area (Å²) in [6.07, 6.45) is 9.45. The van der Waals surface area contributed by atoms with Crippen molar-refractivity contribution in [2.24, 2.45) is 11.3 Å². The summed E-state index contributed by atoms with van der Waals surface area (Å²) in [4.78, 5) is 7.68. The predicted octanol–water partition coefficient (Wildman–Crippen LogP) is 7.17. The van der Waals surface area contributed by atoms with Crippen LogP contribution in [0.25, 0.3) is 11.4 Å². The van der Waals surface area contributed by atoms with Gasteiger partial charge in [-0.15, -0.1) is 0 Å². The Kier molecular flexibility index (Phi) is 7.50. The van der Waals surface area contributed by atoms with Gasteiger partial charge in [0.25, 0.3) is 0 Å². The Bertz CT molecular complexity index is 1260. The van der Waals surface area contributed by atoms with Gasteiger partial charge in [-0.2, -0.15) is 0 Å². The normalized spacial score (nSPS) is 25.0. The smallest absolute Gasteiger partial charge is 0.0467 e. The maximum absolute atomic E-state index is 4.68. The molecule has 40 heavy (non-hydrogen) atoms. The van der Waals surface area contributed by atoms with Gasteiger partial charge in [0.15, 0.2) is 0 Å². The second-order valence-electron chi connectivity index (χ2n) is 13.5. The highest BCUT2D eigenvalue weighted by Crippen LogP contribution is 2.46. The minimum Gasteiger partial charge on any atom is -0.371 e. The van der Waals surface area contributed by atoms with Crippen LogP contribution < -0.4 is 10.2 Å². The maximum atomic E-state index is 4.68. The van der Waals surface area contributed by atoms with Gasteiger partial charge >= 0.3 is 0 Å². The van der Waals surface area contributed by atoms with E-state index in [1.54, 1.807) is 0 Å². The zero-order chi connectivity index (χ0) is 27.9. The third kappa shape index (κ3) is 5.09. The molecule has 1 saturated carbocycles. The van der Waals surface area contributed by atoms with Gasteiger partial charge < -0.3 is 20.0 Å². The predicted molar refractivity (Wildman–Crippen MR) is 170 cm³/mol. The van der Waals surface area contributed by atoms with E-state index in [9.17, 15) is 0 Å². The summed E-state index contributed by atoms with van der Waals surface area (Å²) in [6.45, 7) is 23.7. The molecule has 4 nitrogen and oxygen atoms in total. The Morgan fingerprint density at radius 1 is 0.975 bits per heavy atom. The van der Waals surface area contributed by atoms with Crippen molar-refractivity contribution in [3.63, 3.8) is 0 Å². The van der Waals surface area contributed by atoms with Crippen LogP contribution in [-0.2, 0) is 13.0 Å². The lowest BCUT2D eigenvalue weighted by Crippen LogP contribution is -2.54. The molecule has 0 aromatic heterocycles. The van der Waals surface area contributed by atoms with Crippen molar-refractivity contribution in [1.82, 2.24) is 15.1 Å². The molecule has 0 radical (unpaired) electrons. The first-order chi connectivity index (χ1) is 19.3. The molecule has 2 aromatic rings. The van der Waals surface area contributed by atoms with Crippen LogP contribution >= 0.6 is 0 Å². The molecule has 4 heteroatoms. The number of rotatable bonds is 6. The lowest BCUT2D eigenvalue weighted by atomic mass is 9.73. The van der Waals surface area contributed by atoms with E-state index in [1.165, 1.54) is 78.7 Å². The van der Waals surface area contributed by atoms with Crippen LogP contribution in [0.2, 0.25) is 0 Å². The van der Waals surface area contributed by atoms with E-state index in [0.29, 0.717) is 11.3 Å². The average Bonchev–Trinajstić information content (AvgIpc) is 3.33. The van der Waals surface area contributed by atoms with Gasteiger partial charge in [0, 0.05) is 74.0 Å². The van der Waals surface area contributed by atoms with Crippen LogP contribution in [0.1, 0.15) is 81.5 Å². The Labute approximate surface area is 243 Å². The van der Waals surface area contributed by atoms with Crippen molar-refractivity contribution in [2.45, 2.75) is 77.8 Å². The molecule has 1 N–H and O–H groups in total. The molecule has 0 amide bonds. The molecule has 1 aliphatic carbocycles. The minimum atomic E-state index is 0.0707. The monoisotopic (exact) mass is 538 g/mol. The van der Waals surface area contributed by atoms with Gasteiger partial charge in [-0.3, -0.25) is 0 Å². The van der Waals surface area contributed by atoms with E-state index in [0.717, 1.165) is 51.4 Å². The van der Waals surface area contributed by atoms with Crippen LogP contribution in [0.3, 0.4) is 0 Å². The van der Waals surface area contributed by atoms with Crippen molar-refractivity contribution >= 4 is 17.1 Å². The van der Waals surface area contributed by atoms with Crippen molar-refractivity contribution < 1.29 is 0 Å². The fourth-order valence-electron chi connectivity index (χ4n) is 8.01. The van der Waals surface area contributed by atoms with Gasteiger partial charge in [-0.1, -0.05) is 75.7 Å². The minimum absolute atomic E-state index is 0.0707. The van der Waals surface area contributed by atoms with E-state index >= 15 is 0 Å². The zero-order valence-electron chi connectivity index (χ0n) is 25.3. The van der Waals surface area contributed by atoms with Gasteiger partial charge in [0.1, 0.15) is 0 Å². The molecular weight excluding hydrogens is 488 g/mol. The number of hydrogen-bond acceptors (Lipinski definition) is 4. The Morgan fingerprint density at radius 3 is 2.50 bits per heavy atom. The standard InChI is InChI=1S/C36H50N4/c1-6-38-20-21-39(25-27(2)35(5)23-31-12-8-9-13-32(31)24-37-35)29(4)33-15-14-30(22-34(33)38)28(3)40-19-18-36(26-40)16-10-7-11-17-36/h8-9,12-15,22,27,37H,3-4,6-7,10-11,16-21,23-26H2,1-2,5H3. The number of likely N-dealkylation sites (N-methyl/N-ethyl adjacent to an activating group) is 1. The van der Waals surface area contributed by atoms with Crippen molar-refractivity contribution in [3.05, 3.63) is 77.9 Å². The van der Waals surface area contributed by atoms with Crippen LogP contribution in [-0.4, -0.2) is 54.6 Å². The van der Waals surface area contributed by atoms with Crippen molar-refractivity contribution in [1.29, 1.82) is 0 Å². The highest BCUT2D eigenvalue weighted by atomic mass is 15.2. The lowest BCUT2D eigenvalue weighted by molar-refractivity contribution is 0.188. The summed E-state index contributed by atoms with van der Waals surface area (Å²) < 4.78 is 0. The number of nitrogens with one attached hydrogen (secondary N) is 1. The van der Waals surface area contributed by atoms with E-state index in [2.05, 4.69) is 96.4 Å². The molecule has 214 valence electrons. The number of hydrogen-bond donors (Lipinski definition) is 1. The largest absolute Gasteiger partial charge is 0.371 e. The molecule has 2 fully saturated rings. The fraction of sp³-hybridized carbons (Fsp3) is 0.556. The van der Waals surface area contributed by atoms with Gasteiger partial charge in [-0.05, 0) is 73.6 Å². The summed E-state index contributed by atoms with van der Waals surface area (Å²) in [5.41, 5.74) is 9.80. The summed E-state index contributed by atoms with van der Waals surface area (Å²) in [5, 5.41) is 3.90. The molecular formula is C36H50N4. The van der Waals surface area contributed by atoms with Crippen LogP contribution in [0.15, 0.2) is 55.6 Å². The maximum Gasteiger partial charge on any atom is 0.0467 e. The summed E-state index contributed by atoms with van der Waals surface area (Å²) in [6, 6.07) is 16.0. The van der Waals surface area contributed by atoms with Gasteiger partial charge in [0.05, 0.1) is 0 Å². The Morgan fingerprint density at radius 2 is 1.73 bits per heavy atom. The summed E-state index contributed by atoms with van der Waals surface area (Å²) >= 11 is 0. The quantitative estimate of drug-likeness (QED) is 0.421. The van der Waals surface area contributed by atoms with E-state index in [-0.39, 0.29) is 5.54 Å². The SMILES string of the molecule is C=C(c1ccc2c(c1)N(CC)CCN(CC(C)C1(C)Cc3ccccc3CN1)C2=C)N1CCC2(CCCCC2)C1. The number of anilines is 1. The molecule has 6 rings (SSSR count). The number of fused-ring (bicyclic) bond motifs is 2. The molecule has 0 bridgehead atoms. The molecule has 1 spiro atoms. The average molecular weight is 539 g/mol. The number of benzene rings is 2. The van der Waals surface area contributed by atoms with Crippen LogP contribution in [0.5, 0.6) is 0 Å². The van der Waals surface area contributed by atoms with Crippen molar-refractivity contribution in [3.8, 4) is 0 Å². The van der Waals surface area contributed by atoms with Crippen LogP contribution in [0, 0.1) is 11.3 Å². The van der Waals surface area contributed by atoms with E-state index in [4.69, 9.17) is 0 Å². The third-order valence-electron chi connectivity index (χ3n) is 11.1. The fourth-order valence-corrected chi connectivity index (χ4v) is 8.01. The zero-order valence-corrected chi connectivity index (χ0v) is 25.3. The molecule has 2 atom stereocenters. The van der Waals surface area contributed by atoms with Gasteiger partial charge in [-0.25, -0.2) is 0 Å². The first-order valence-electron chi connectivity index (χ1n) is 15.9. The number of likely N-dealkylation sites (tertiary alicyclic amines) is 1. The number of nitrogens with zero attached hydrogens (tertiary/aromatic N) is 3. The molecule has 4 aliphatic rings. The molecule has 1 saturated heterocycles. The van der Waals surface area contributed by atoms with E-state index < -0.39 is 0 Å². The highest BCUT2D eigenvalue weighted by Gasteiger charge is 2.40. The summed E-state index contributed by atoms with van der Waals surface area (Å²) in [7, 11) is 0. The van der Waals surface area contributed by atoms with E-state index in [1.807, 2.05) is 0 Å². The first-order valence-corrected chi connectivity index (χ1v) is 15.9. The summed E-state index contributed by atoms with van der Waals surface area (Å²) in [5.74, 6) is 0.482. The molecule has 3 heterocycles. The van der Waals surface area contributed by atoms with Crippen LogP contribution in [0.4, 0.5) is 5.69 Å².